The Hall–Kier alpha value is -3.36. The van der Waals surface area contributed by atoms with Crippen LogP contribution in [0.15, 0.2) is 40.1 Å². The summed E-state index contributed by atoms with van der Waals surface area (Å²) in [7, 11) is 0. The summed E-state index contributed by atoms with van der Waals surface area (Å²) >= 11 is 0. The summed E-state index contributed by atoms with van der Waals surface area (Å²) in [5.74, 6) is -1.40. The number of cyclic esters (lactones) is 1. The lowest BCUT2D eigenvalue weighted by atomic mass is 10.2. The van der Waals surface area contributed by atoms with Crippen LogP contribution in [-0.2, 0) is 11.3 Å². The Balaban J connectivity index is 2.05. The Labute approximate surface area is 147 Å². The predicted molar refractivity (Wildman–Crippen MR) is 92.2 cm³/mol. The quantitative estimate of drug-likeness (QED) is 0.874. The second-order valence-electron chi connectivity index (χ2n) is 5.69. The normalized spacial score (nSPS) is 14.2. The van der Waals surface area contributed by atoms with Gasteiger partial charge in [-0.1, -0.05) is 0 Å². The van der Waals surface area contributed by atoms with Gasteiger partial charge in [-0.3, -0.25) is 18.8 Å². The third-order valence-electron chi connectivity index (χ3n) is 4.13. The fourth-order valence-electron chi connectivity index (χ4n) is 2.79. The number of aromatic nitrogens is 2. The molecular formula is C17H17N3O6. The predicted octanol–water partition coefficient (Wildman–Crippen LogP) is 1.06. The van der Waals surface area contributed by atoms with E-state index in [4.69, 9.17) is 4.74 Å². The molecule has 2 aromatic rings. The molecule has 0 unspecified atom stereocenters. The van der Waals surface area contributed by atoms with Gasteiger partial charge in [-0.15, -0.1) is 0 Å². The largest absolute Gasteiger partial charge is 0.477 e. The van der Waals surface area contributed by atoms with E-state index >= 15 is 0 Å². The standard InChI is InChI=1S/C17H17N3O6/c1-2-18-14(21)13(15(22)23)10-20(16(18)24)12-6-4-11(5-7-12)19-8-3-9-26-17(19)25/h4-7,10H,2-3,8-9H2,1H3,(H,22,23). The summed E-state index contributed by atoms with van der Waals surface area (Å²) in [5.41, 5.74) is -0.973. The summed E-state index contributed by atoms with van der Waals surface area (Å²) in [6, 6.07) is 6.43. The molecule has 0 saturated carbocycles. The van der Waals surface area contributed by atoms with Crippen molar-refractivity contribution in [3.05, 3.63) is 56.9 Å². The average Bonchev–Trinajstić information content (AvgIpc) is 2.63. The first-order chi connectivity index (χ1) is 12.4. The van der Waals surface area contributed by atoms with Crippen molar-refractivity contribution in [1.82, 2.24) is 9.13 Å². The van der Waals surface area contributed by atoms with Crippen molar-refractivity contribution in [3.8, 4) is 5.69 Å². The minimum atomic E-state index is -1.40. The van der Waals surface area contributed by atoms with Crippen LogP contribution in [0.5, 0.6) is 0 Å². The SMILES string of the molecule is CCn1c(=O)c(C(=O)O)cn(-c2ccc(N3CCCOC3=O)cc2)c1=O. The first-order valence-corrected chi connectivity index (χ1v) is 8.08. The van der Waals surface area contributed by atoms with E-state index in [0.29, 0.717) is 24.5 Å². The van der Waals surface area contributed by atoms with Crippen molar-refractivity contribution < 1.29 is 19.4 Å². The van der Waals surface area contributed by atoms with Gasteiger partial charge in [-0.05, 0) is 37.6 Å². The number of carbonyl (C=O) groups excluding carboxylic acids is 1. The van der Waals surface area contributed by atoms with Gasteiger partial charge < -0.3 is 9.84 Å². The molecule has 136 valence electrons. The van der Waals surface area contributed by atoms with Crippen LogP contribution in [0.3, 0.4) is 0 Å². The highest BCUT2D eigenvalue weighted by atomic mass is 16.6. The van der Waals surface area contributed by atoms with Crippen LogP contribution in [0.4, 0.5) is 10.5 Å². The van der Waals surface area contributed by atoms with Crippen molar-refractivity contribution in [2.24, 2.45) is 0 Å². The summed E-state index contributed by atoms with van der Waals surface area (Å²) in [6.45, 7) is 2.56. The number of amides is 1. The van der Waals surface area contributed by atoms with E-state index in [1.54, 1.807) is 31.2 Å². The molecule has 26 heavy (non-hydrogen) atoms. The lowest BCUT2D eigenvalue weighted by Crippen LogP contribution is -2.41. The molecule has 0 spiro atoms. The molecular weight excluding hydrogens is 342 g/mol. The van der Waals surface area contributed by atoms with Crippen LogP contribution >= 0.6 is 0 Å². The van der Waals surface area contributed by atoms with E-state index in [1.807, 2.05) is 0 Å². The van der Waals surface area contributed by atoms with Gasteiger partial charge >= 0.3 is 17.8 Å². The van der Waals surface area contributed by atoms with Crippen LogP contribution in [-0.4, -0.2) is 39.5 Å². The molecule has 1 amide bonds. The van der Waals surface area contributed by atoms with E-state index in [2.05, 4.69) is 0 Å². The maximum absolute atomic E-state index is 12.5. The Morgan fingerprint density at radius 1 is 1.15 bits per heavy atom. The molecule has 1 saturated heterocycles. The van der Waals surface area contributed by atoms with Crippen molar-refractivity contribution >= 4 is 17.7 Å². The van der Waals surface area contributed by atoms with Crippen LogP contribution in [0.1, 0.15) is 23.7 Å². The second-order valence-corrected chi connectivity index (χ2v) is 5.69. The summed E-state index contributed by atoms with van der Waals surface area (Å²) < 4.78 is 6.96. The van der Waals surface area contributed by atoms with Crippen LogP contribution in [0.25, 0.3) is 5.69 Å². The van der Waals surface area contributed by atoms with E-state index < -0.39 is 28.9 Å². The van der Waals surface area contributed by atoms with Crippen molar-refractivity contribution in [1.29, 1.82) is 0 Å². The molecule has 1 aliphatic rings. The van der Waals surface area contributed by atoms with E-state index in [9.17, 15) is 24.3 Å². The lowest BCUT2D eigenvalue weighted by Gasteiger charge is -2.26. The van der Waals surface area contributed by atoms with Gasteiger partial charge in [-0.25, -0.2) is 14.4 Å². The number of ether oxygens (including phenoxy) is 1. The molecule has 2 heterocycles. The fourth-order valence-corrected chi connectivity index (χ4v) is 2.79. The van der Waals surface area contributed by atoms with Gasteiger partial charge in [0.25, 0.3) is 5.56 Å². The number of nitrogens with zero attached hydrogens (tertiary/aromatic N) is 3. The van der Waals surface area contributed by atoms with Crippen molar-refractivity contribution in [2.75, 3.05) is 18.1 Å². The van der Waals surface area contributed by atoms with Crippen molar-refractivity contribution in [2.45, 2.75) is 19.9 Å². The van der Waals surface area contributed by atoms with Gasteiger partial charge in [0.2, 0.25) is 0 Å². The van der Waals surface area contributed by atoms with E-state index in [0.717, 1.165) is 21.8 Å². The molecule has 1 N–H and O–H groups in total. The zero-order valence-corrected chi connectivity index (χ0v) is 14.0. The third-order valence-corrected chi connectivity index (χ3v) is 4.13. The van der Waals surface area contributed by atoms with Gasteiger partial charge in [0.1, 0.15) is 5.56 Å². The summed E-state index contributed by atoms with van der Waals surface area (Å²) in [4.78, 5) is 49.1. The highest BCUT2D eigenvalue weighted by molar-refractivity contribution is 5.88. The first kappa shape index (κ1) is 17.5. The Morgan fingerprint density at radius 3 is 2.38 bits per heavy atom. The maximum Gasteiger partial charge on any atom is 0.414 e. The van der Waals surface area contributed by atoms with Crippen LogP contribution < -0.4 is 16.1 Å². The molecule has 1 aliphatic heterocycles. The molecule has 0 aliphatic carbocycles. The number of carboxylic acids is 1. The lowest BCUT2D eigenvalue weighted by molar-refractivity contribution is 0.0693. The summed E-state index contributed by atoms with van der Waals surface area (Å²) in [5, 5.41) is 9.20. The van der Waals surface area contributed by atoms with Gasteiger partial charge in [-0.2, -0.15) is 0 Å². The third kappa shape index (κ3) is 2.99. The molecule has 3 rings (SSSR count). The minimum Gasteiger partial charge on any atom is -0.477 e. The molecule has 1 fully saturated rings. The minimum absolute atomic E-state index is 0.0521. The fraction of sp³-hybridized carbons (Fsp3) is 0.294. The number of benzene rings is 1. The van der Waals surface area contributed by atoms with Gasteiger partial charge in [0.05, 0.1) is 12.3 Å². The monoisotopic (exact) mass is 359 g/mol. The van der Waals surface area contributed by atoms with E-state index in [1.165, 1.54) is 4.90 Å². The van der Waals surface area contributed by atoms with Gasteiger partial charge in [0.15, 0.2) is 0 Å². The molecule has 9 nitrogen and oxygen atoms in total. The number of rotatable bonds is 4. The highest BCUT2D eigenvalue weighted by Gasteiger charge is 2.21. The van der Waals surface area contributed by atoms with Crippen molar-refractivity contribution in [3.63, 3.8) is 0 Å². The number of hydrogen-bond acceptors (Lipinski definition) is 5. The van der Waals surface area contributed by atoms with Crippen LogP contribution in [0.2, 0.25) is 0 Å². The number of aromatic carboxylic acids is 1. The number of hydrogen-bond donors (Lipinski definition) is 1. The number of carboxylic acid groups (broad SMARTS) is 1. The molecule has 9 heteroatoms. The summed E-state index contributed by atoms with van der Waals surface area (Å²) in [6.07, 6.45) is 1.30. The zero-order valence-electron chi connectivity index (χ0n) is 14.0. The highest BCUT2D eigenvalue weighted by Crippen LogP contribution is 2.20. The van der Waals surface area contributed by atoms with Crippen LogP contribution in [0, 0.1) is 0 Å². The number of anilines is 1. The second kappa shape index (κ2) is 6.87. The van der Waals surface area contributed by atoms with Gasteiger partial charge in [0, 0.05) is 25.0 Å². The zero-order chi connectivity index (χ0) is 18.8. The Morgan fingerprint density at radius 2 is 1.81 bits per heavy atom. The average molecular weight is 359 g/mol. The Bertz CT molecular complexity index is 973. The topological polar surface area (TPSA) is 111 Å². The molecule has 0 bridgehead atoms. The number of carbonyl (C=O) groups is 2. The van der Waals surface area contributed by atoms with E-state index in [-0.39, 0.29) is 6.54 Å². The smallest absolute Gasteiger partial charge is 0.414 e. The first-order valence-electron chi connectivity index (χ1n) is 8.08. The Kier molecular flexibility index (Phi) is 4.61. The molecule has 0 radical (unpaired) electrons. The maximum atomic E-state index is 12.5. The molecule has 1 aromatic heterocycles. The molecule has 1 aromatic carbocycles. The molecule has 0 atom stereocenters.